The molecular formula is C11H18N4S2. The number of nitrogens with one attached hydrogen (secondary N) is 1. The smallest absolute Gasteiger partial charge is 0.223 e. The van der Waals surface area contributed by atoms with Gasteiger partial charge in [-0.2, -0.15) is 11.8 Å². The Morgan fingerprint density at radius 2 is 2.29 bits per heavy atom. The Morgan fingerprint density at radius 1 is 1.53 bits per heavy atom. The van der Waals surface area contributed by atoms with Gasteiger partial charge in [0.1, 0.15) is 10.7 Å². The molecule has 0 spiro atoms. The van der Waals surface area contributed by atoms with E-state index in [1.54, 1.807) is 6.07 Å². The molecule has 0 bridgehead atoms. The maximum Gasteiger partial charge on any atom is 0.223 e. The third kappa shape index (κ3) is 5.32. The minimum atomic E-state index is 0.306. The Balaban J connectivity index is 2.50. The van der Waals surface area contributed by atoms with Gasteiger partial charge in [0.05, 0.1) is 0 Å². The number of nitrogens with zero attached hydrogens (tertiary/aromatic N) is 2. The molecule has 0 amide bonds. The standard InChI is InChI=1S/C11H18N4S2/c1-3-17-6-4-5-13-11-14-8(2)7-9(15-11)10(12)16/h7H,3-6H2,1-2H3,(H2,12,16)(H,13,14,15). The lowest BCUT2D eigenvalue weighted by Crippen LogP contribution is -2.15. The summed E-state index contributed by atoms with van der Waals surface area (Å²) in [7, 11) is 0. The summed E-state index contributed by atoms with van der Waals surface area (Å²) in [5.74, 6) is 2.92. The molecule has 0 saturated carbocycles. The van der Waals surface area contributed by atoms with Crippen molar-refractivity contribution in [1.29, 1.82) is 0 Å². The molecule has 0 aliphatic carbocycles. The van der Waals surface area contributed by atoms with Gasteiger partial charge in [0.2, 0.25) is 5.95 Å². The summed E-state index contributed by atoms with van der Waals surface area (Å²) in [6.07, 6.45) is 1.10. The molecule has 1 aromatic rings. The van der Waals surface area contributed by atoms with Crippen LogP contribution >= 0.6 is 24.0 Å². The van der Waals surface area contributed by atoms with Crippen molar-refractivity contribution >= 4 is 34.9 Å². The summed E-state index contributed by atoms with van der Waals surface area (Å²) < 4.78 is 0. The molecule has 1 heterocycles. The van der Waals surface area contributed by atoms with E-state index in [1.165, 1.54) is 0 Å². The van der Waals surface area contributed by atoms with Crippen LogP contribution in [0, 0.1) is 6.92 Å². The van der Waals surface area contributed by atoms with Crippen molar-refractivity contribution in [3.8, 4) is 0 Å². The highest BCUT2D eigenvalue weighted by molar-refractivity contribution is 7.99. The zero-order valence-corrected chi connectivity index (χ0v) is 11.8. The van der Waals surface area contributed by atoms with Gasteiger partial charge in [-0.3, -0.25) is 0 Å². The Bertz CT molecular complexity index is 382. The molecule has 3 N–H and O–H groups in total. The molecule has 0 fully saturated rings. The average molecular weight is 270 g/mol. The quantitative estimate of drug-likeness (QED) is 0.583. The van der Waals surface area contributed by atoms with Crippen LogP contribution in [0.5, 0.6) is 0 Å². The Morgan fingerprint density at radius 3 is 2.94 bits per heavy atom. The Labute approximate surface area is 112 Å². The maximum absolute atomic E-state index is 5.56. The highest BCUT2D eigenvalue weighted by Gasteiger charge is 2.03. The molecule has 0 unspecified atom stereocenters. The second kappa shape index (κ2) is 7.45. The fourth-order valence-corrected chi connectivity index (χ4v) is 2.03. The fraction of sp³-hybridized carbons (Fsp3) is 0.545. The van der Waals surface area contributed by atoms with E-state index in [2.05, 4.69) is 22.2 Å². The lowest BCUT2D eigenvalue weighted by atomic mass is 10.3. The molecule has 0 radical (unpaired) electrons. The van der Waals surface area contributed by atoms with Gasteiger partial charge in [-0.1, -0.05) is 19.1 Å². The van der Waals surface area contributed by atoms with Crippen LogP contribution in [0.2, 0.25) is 0 Å². The number of thiocarbonyl (C=S) groups is 1. The van der Waals surface area contributed by atoms with Crippen molar-refractivity contribution in [2.24, 2.45) is 5.73 Å². The lowest BCUT2D eigenvalue weighted by Gasteiger charge is -2.07. The van der Waals surface area contributed by atoms with Gasteiger partial charge in [-0.05, 0) is 30.9 Å². The lowest BCUT2D eigenvalue weighted by molar-refractivity contribution is 0.953. The van der Waals surface area contributed by atoms with Crippen LogP contribution in [-0.4, -0.2) is 33.0 Å². The van der Waals surface area contributed by atoms with E-state index >= 15 is 0 Å². The van der Waals surface area contributed by atoms with Crippen LogP contribution in [0.4, 0.5) is 5.95 Å². The number of nitrogens with two attached hydrogens (primary N) is 1. The predicted molar refractivity (Wildman–Crippen MR) is 78.8 cm³/mol. The molecule has 17 heavy (non-hydrogen) atoms. The van der Waals surface area contributed by atoms with E-state index in [0.29, 0.717) is 16.6 Å². The number of rotatable bonds is 7. The van der Waals surface area contributed by atoms with Gasteiger partial charge in [0.15, 0.2) is 0 Å². The first kappa shape index (κ1) is 14.2. The van der Waals surface area contributed by atoms with Crippen molar-refractivity contribution in [3.63, 3.8) is 0 Å². The monoisotopic (exact) mass is 270 g/mol. The van der Waals surface area contributed by atoms with E-state index in [4.69, 9.17) is 18.0 Å². The number of hydrogen-bond donors (Lipinski definition) is 2. The topological polar surface area (TPSA) is 63.8 Å². The molecule has 94 valence electrons. The van der Waals surface area contributed by atoms with E-state index in [-0.39, 0.29) is 0 Å². The molecule has 6 heteroatoms. The number of thioether (sulfide) groups is 1. The maximum atomic E-state index is 5.56. The second-order valence-corrected chi connectivity index (χ2v) is 5.39. The summed E-state index contributed by atoms with van der Waals surface area (Å²) in [6, 6.07) is 1.79. The molecule has 1 aromatic heterocycles. The van der Waals surface area contributed by atoms with Crippen molar-refractivity contribution < 1.29 is 0 Å². The first-order valence-corrected chi connectivity index (χ1v) is 7.17. The number of anilines is 1. The highest BCUT2D eigenvalue weighted by Crippen LogP contribution is 2.06. The molecule has 0 saturated heterocycles. The molecule has 0 aliphatic rings. The zero-order chi connectivity index (χ0) is 12.7. The molecule has 4 nitrogen and oxygen atoms in total. The van der Waals surface area contributed by atoms with Gasteiger partial charge in [-0.25, -0.2) is 9.97 Å². The van der Waals surface area contributed by atoms with Crippen molar-refractivity contribution in [3.05, 3.63) is 17.5 Å². The molecule has 0 atom stereocenters. The number of hydrogen-bond acceptors (Lipinski definition) is 5. The molecule has 0 aromatic carbocycles. The van der Waals surface area contributed by atoms with Crippen LogP contribution in [-0.2, 0) is 0 Å². The van der Waals surface area contributed by atoms with Crippen LogP contribution in [0.3, 0.4) is 0 Å². The van der Waals surface area contributed by atoms with Gasteiger partial charge in [0, 0.05) is 12.2 Å². The van der Waals surface area contributed by atoms with Gasteiger partial charge >= 0.3 is 0 Å². The van der Waals surface area contributed by atoms with Crippen LogP contribution in [0.1, 0.15) is 24.7 Å². The van der Waals surface area contributed by atoms with E-state index in [0.717, 1.165) is 30.2 Å². The van der Waals surface area contributed by atoms with Gasteiger partial charge in [0.25, 0.3) is 0 Å². The number of aryl methyl sites for hydroxylation is 1. The Hall–Kier alpha value is -0.880. The number of aromatic nitrogens is 2. The summed E-state index contributed by atoms with van der Waals surface area (Å²) in [5.41, 5.74) is 7.05. The summed E-state index contributed by atoms with van der Waals surface area (Å²) in [4.78, 5) is 8.85. The van der Waals surface area contributed by atoms with E-state index in [9.17, 15) is 0 Å². The molecule has 0 aliphatic heterocycles. The van der Waals surface area contributed by atoms with Crippen molar-refractivity contribution in [2.45, 2.75) is 20.3 Å². The average Bonchev–Trinajstić information content (AvgIpc) is 2.28. The minimum Gasteiger partial charge on any atom is -0.388 e. The first-order chi connectivity index (χ1) is 8.13. The third-order valence-corrected chi connectivity index (χ3v) is 3.25. The third-order valence-electron chi connectivity index (χ3n) is 2.06. The summed E-state index contributed by atoms with van der Waals surface area (Å²) in [5, 5.41) is 3.19. The minimum absolute atomic E-state index is 0.306. The van der Waals surface area contributed by atoms with Crippen LogP contribution in [0.25, 0.3) is 0 Å². The molecule has 1 rings (SSSR count). The van der Waals surface area contributed by atoms with Crippen LogP contribution < -0.4 is 11.1 Å². The van der Waals surface area contributed by atoms with Crippen molar-refractivity contribution in [1.82, 2.24) is 9.97 Å². The SMILES string of the molecule is CCSCCCNc1nc(C)cc(C(N)=S)n1. The van der Waals surface area contributed by atoms with Crippen LogP contribution in [0.15, 0.2) is 6.07 Å². The summed E-state index contributed by atoms with van der Waals surface area (Å²) >= 11 is 6.84. The van der Waals surface area contributed by atoms with Gasteiger partial charge < -0.3 is 11.1 Å². The normalized spacial score (nSPS) is 10.2. The fourth-order valence-electron chi connectivity index (χ4n) is 1.29. The largest absolute Gasteiger partial charge is 0.388 e. The Kier molecular flexibility index (Phi) is 6.21. The van der Waals surface area contributed by atoms with E-state index in [1.807, 2.05) is 18.7 Å². The highest BCUT2D eigenvalue weighted by atomic mass is 32.2. The van der Waals surface area contributed by atoms with E-state index < -0.39 is 0 Å². The second-order valence-electron chi connectivity index (χ2n) is 3.56. The van der Waals surface area contributed by atoms with Crippen molar-refractivity contribution in [2.75, 3.05) is 23.4 Å². The van der Waals surface area contributed by atoms with Gasteiger partial charge in [-0.15, -0.1) is 0 Å². The first-order valence-electron chi connectivity index (χ1n) is 5.60. The predicted octanol–water partition coefficient (Wildman–Crippen LogP) is 1.97. The molecular weight excluding hydrogens is 252 g/mol. The summed E-state index contributed by atoms with van der Waals surface area (Å²) in [6.45, 7) is 4.94. The zero-order valence-electron chi connectivity index (χ0n) is 10.2.